The molecule has 0 spiro atoms. The first kappa shape index (κ1) is 18.0. The van der Waals surface area contributed by atoms with E-state index >= 15 is 0 Å². The standard InChI is InChI=1S/C19H21ClN2O2/c1-13-5-4-6-18(14(13)2)21-19(24)12-22(15(3)23)11-16-7-9-17(20)10-8-16/h4-10H,11-12H2,1-3H3,(H,21,24). The molecule has 0 saturated carbocycles. The van der Waals surface area contributed by atoms with Crippen molar-refractivity contribution in [1.29, 1.82) is 0 Å². The number of aryl methyl sites for hydroxylation is 1. The molecule has 5 heteroatoms. The largest absolute Gasteiger partial charge is 0.329 e. The molecule has 0 fully saturated rings. The Morgan fingerprint density at radius 3 is 2.38 bits per heavy atom. The van der Waals surface area contributed by atoms with Crippen molar-refractivity contribution in [3.8, 4) is 0 Å². The normalized spacial score (nSPS) is 10.3. The maximum absolute atomic E-state index is 12.3. The zero-order valence-corrected chi connectivity index (χ0v) is 14.9. The van der Waals surface area contributed by atoms with Crippen LogP contribution >= 0.6 is 11.6 Å². The van der Waals surface area contributed by atoms with Gasteiger partial charge in [-0.3, -0.25) is 9.59 Å². The highest BCUT2D eigenvalue weighted by Gasteiger charge is 2.15. The van der Waals surface area contributed by atoms with E-state index in [0.717, 1.165) is 22.4 Å². The lowest BCUT2D eigenvalue weighted by atomic mass is 10.1. The number of rotatable bonds is 5. The van der Waals surface area contributed by atoms with Crippen LogP contribution in [0.15, 0.2) is 42.5 Å². The lowest BCUT2D eigenvalue weighted by Gasteiger charge is -2.21. The first-order valence-corrected chi connectivity index (χ1v) is 8.10. The quantitative estimate of drug-likeness (QED) is 0.893. The second-order valence-corrected chi connectivity index (χ2v) is 6.23. The molecular formula is C19H21ClN2O2. The second-order valence-electron chi connectivity index (χ2n) is 5.80. The summed E-state index contributed by atoms with van der Waals surface area (Å²) in [6, 6.07) is 13.0. The summed E-state index contributed by atoms with van der Waals surface area (Å²) in [7, 11) is 0. The molecule has 0 aliphatic carbocycles. The van der Waals surface area contributed by atoms with Gasteiger partial charge in [0, 0.05) is 24.2 Å². The van der Waals surface area contributed by atoms with Gasteiger partial charge in [0.1, 0.15) is 6.54 Å². The summed E-state index contributed by atoms with van der Waals surface area (Å²) in [5, 5.41) is 3.52. The summed E-state index contributed by atoms with van der Waals surface area (Å²) in [5.74, 6) is -0.367. The molecule has 0 aliphatic heterocycles. The van der Waals surface area contributed by atoms with Crippen LogP contribution in [0.3, 0.4) is 0 Å². The molecule has 2 amide bonds. The Labute approximate surface area is 147 Å². The number of carbonyl (C=O) groups is 2. The van der Waals surface area contributed by atoms with Crippen molar-refractivity contribution in [3.05, 3.63) is 64.2 Å². The highest BCUT2D eigenvalue weighted by atomic mass is 35.5. The molecule has 1 N–H and O–H groups in total. The number of hydrogen-bond donors (Lipinski definition) is 1. The van der Waals surface area contributed by atoms with Crippen LogP contribution in [0, 0.1) is 13.8 Å². The molecule has 4 nitrogen and oxygen atoms in total. The first-order valence-electron chi connectivity index (χ1n) is 7.73. The van der Waals surface area contributed by atoms with Crippen molar-refractivity contribution in [1.82, 2.24) is 4.90 Å². The van der Waals surface area contributed by atoms with E-state index in [2.05, 4.69) is 5.32 Å². The summed E-state index contributed by atoms with van der Waals surface area (Å²) < 4.78 is 0. The van der Waals surface area contributed by atoms with E-state index in [9.17, 15) is 9.59 Å². The number of halogens is 1. The molecule has 2 rings (SSSR count). The van der Waals surface area contributed by atoms with Crippen LogP contribution in [0.25, 0.3) is 0 Å². The highest BCUT2D eigenvalue weighted by molar-refractivity contribution is 6.30. The van der Waals surface area contributed by atoms with Crippen LogP contribution in [0.2, 0.25) is 5.02 Å². The summed E-state index contributed by atoms with van der Waals surface area (Å²) in [6.45, 7) is 5.79. The SMILES string of the molecule is CC(=O)N(CC(=O)Nc1cccc(C)c1C)Cc1ccc(Cl)cc1. The molecule has 0 aromatic heterocycles. The molecule has 0 bridgehead atoms. The van der Waals surface area contributed by atoms with Gasteiger partial charge in [-0.25, -0.2) is 0 Å². The lowest BCUT2D eigenvalue weighted by Crippen LogP contribution is -2.36. The van der Waals surface area contributed by atoms with Gasteiger partial charge in [0.05, 0.1) is 0 Å². The average Bonchev–Trinajstić information content (AvgIpc) is 2.53. The molecule has 0 unspecified atom stereocenters. The minimum Gasteiger partial charge on any atom is -0.329 e. The molecular weight excluding hydrogens is 324 g/mol. The molecule has 0 radical (unpaired) electrons. The Kier molecular flexibility index (Phi) is 5.99. The topological polar surface area (TPSA) is 49.4 Å². The van der Waals surface area contributed by atoms with Crippen molar-refractivity contribution in [2.75, 3.05) is 11.9 Å². The van der Waals surface area contributed by atoms with Gasteiger partial charge in [-0.05, 0) is 48.7 Å². The Hall–Kier alpha value is -2.33. The summed E-state index contributed by atoms with van der Waals surface area (Å²) in [5.41, 5.74) is 3.83. The van der Waals surface area contributed by atoms with Crippen molar-refractivity contribution < 1.29 is 9.59 Å². The minimum absolute atomic E-state index is 0.00530. The fourth-order valence-electron chi connectivity index (χ4n) is 2.34. The molecule has 0 aliphatic rings. The van der Waals surface area contributed by atoms with Crippen molar-refractivity contribution >= 4 is 29.1 Å². The predicted molar refractivity (Wildman–Crippen MR) is 97.1 cm³/mol. The molecule has 2 aromatic carbocycles. The first-order chi connectivity index (χ1) is 11.4. The van der Waals surface area contributed by atoms with E-state index in [1.54, 1.807) is 12.1 Å². The van der Waals surface area contributed by atoms with Crippen molar-refractivity contribution in [3.63, 3.8) is 0 Å². The molecule has 2 aromatic rings. The maximum atomic E-state index is 12.3. The van der Waals surface area contributed by atoms with Crippen molar-refractivity contribution in [2.45, 2.75) is 27.3 Å². The number of anilines is 1. The van der Waals surface area contributed by atoms with E-state index in [0.29, 0.717) is 11.6 Å². The van der Waals surface area contributed by atoms with E-state index in [4.69, 9.17) is 11.6 Å². The second kappa shape index (κ2) is 7.97. The van der Waals surface area contributed by atoms with Gasteiger partial charge >= 0.3 is 0 Å². The Balaban J connectivity index is 2.04. The molecule has 126 valence electrons. The number of benzene rings is 2. The monoisotopic (exact) mass is 344 g/mol. The maximum Gasteiger partial charge on any atom is 0.244 e. The zero-order valence-electron chi connectivity index (χ0n) is 14.1. The lowest BCUT2D eigenvalue weighted by molar-refractivity contribution is -0.133. The third-order valence-electron chi connectivity index (χ3n) is 3.95. The van der Waals surface area contributed by atoms with Crippen LogP contribution in [0.5, 0.6) is 0 Å². The van der Waals surface area contributed by atoms with Gasteiger partial charge in [0.2, 0.25) is 11.8 Å². The molecule has 24 heavy (non-hydrogen) atoms. The minimum atomic E-state index is -0.215. The predicted octanol–water partition coefficient (Wildman–Crippen LogP) is 3.94. The van der Waals surface area contributed by atoms with Crippen LogP contribution in [0.4, 0.5) is 5.69 Å². The fraction of sp³-hybridized carbons (Fsp3) is 0.263. The summed E-state index contributed by atoms with van der Waals surface area (Å²) in [4.78, 5) is 25.7. The smallest absolute Gasteiger partial charge is 0.244 e. The van der Waals surface area contributed by atoms with Crippen LogP contribution in [-0.4, -0.2) is 23.3 Å². The van der Waals surface area contributed by atoms with Crippen LogP contribution in [-0.2, 0) is 16.1 Å². The van der Waals surface area contributed by atoms with Gasteiger partial charge in [0.15, 0.2) is 0 Å². The molecule has 0 saturated heterocycles. The third kappa shape index (κ3) is 4.83. The fourth-order valence-corrected chi connectivity index (χ4v) is 2.46. The molecule has 0 atom stereocenters. The van der Waals surface area contributed by atoms with E-state index in [1.807, 2.05) is 44.2 Å². The highest BCUT2D eigenvalue weighted by Crippen LogP contribution is 2.18. The van der Waals surface area contributed by atoms with Gasteiger partial charge in [-0.2, -0.15) is 0 Å². The summed E-state index contributed by atoms with van der Waals surface area (Å²) >= 11 is 5.87. The average molecular weight is 345 g/mol. The number of nitrogens with zero attached hydrogens (tertiary/aromatic N) is 1. The summed E-state index contributed by atoms with van der Waals surface area (Å²) in [6.07, 6.45) is 0. The Bertz CT molecular complexity index is 742. The van der Waals surface area contributed by atoms with Gasteiger partial charge in [0.25, 0.3) is 0 Å². The Morgan fingerprint density at radius 1 is 1.08 bits per heavy atom. The van der Waals surface area contributed by atoms with Gasteiger partial charge in [-0.15, -0.1) is 0 Å². The number of carbonyl (C=O) groups excluding carboxylic acids is 2. The van der Waals surface area contributed by atoms with E-state index < -0.39 is 0 Å². The Morgan fingerprint density at radius 2 is 1.75 bits per heavy atom. The number of amides is 2. The van der Waals surface area contributed by atoms with Crippen LogP contribution in [0.1, 0.15) is 23.6 Å². The number of hydrogen-bond acceptors (Lipinski definition) is 2. The van der Waals surface area contributed by atoms with E-state index in [-0.39, 0.29) is 18.4 Å². The molecule has 0 heterocycles. The zero-order chi connectivity index (χ0) is 17.7. The van der Waals surface area contributed by atoms with E-state index in [1.165, 1.54) is 11.8 Å². The number of nitrogens with one attached hydrogen (secondary N) is 1. The third-order valence-corrected chi connectivity index (χ3v) is 4.20. The van der Waals surface area contributed by atoms with Crippen molar-refractivity contribution in [2.24, 2.45) is 0 Å². The van der Waals surface area contributed by atoms with Gasteiger partial charge in [-0.1, -0.05) is 35.9 Å². The van der Waals surface area contributed by atoms with Gasteiger partial charge < -0.3 is 10.2 Å². The van der Waals surface area contributed by atoms with Crippen LogP contribution < -0.4 is 5.32 Å².